The Balaban J connectivity index is 2.03. The SMILES string of the molecule is O[C@@H](C#CC(O)(c1ccccc1)c1ccccc1)c1cccnc1. The van der Waals surface area contributed by atoms with E-state index in [1.54, 1.807) is 24.5 Å². The molecule has 2 N–H and O–H groups in total. The van der Waals surface area contributed by atoms with E-state index in [1.807, 2.05) is 60.7 Å². The van der Waals surface area contributed by atoms with Gasteiger partial charge in [-0.2, -0.15) is 0 Å². The van der Waals surface area contributed by atoms with Gasteiger partial charge in [0.05, 0.1) is 0 Å². The molecule has 0 spiro atoms. The molecule has 1 aromatic heterocycles. The molecule has 0 radical (unpaired) electrons. The van der Waals surface area contributed by atoms with Crippen LogP contribution < -0.4 is 0 Å². The number of aromatic nitrogens is 1. The highest BCUT2D eigenvalue weighted by Gasteiger charge is 2.29. The van der Waals surface area contributed by atoms with Gasteiger partial charge < -0.3 is 10.2 Å². The second kappa shape index (κ2) is 7.10. The molecule has 0 saturated heterocycles. The molecule has 24 heavy (non-hydrogen) atoms. The van der Waals surface area contributed by atoms with Crippen molar-refractivity contribution < 1.29 is 10.2 Å². The van der Waals surface area contributed by atoms with E-state index in [1.165, 1.54) is 0 Å². The maximum atomic E-state index is 11.2. The van der Waals surface area contributed by atoms with E-state index in [-0.39, 0.29) is 0 Å². The van der Waals surface area contributed by atoms with E-state index < -0.39 is 11.7 Å². The molecular weight excluding hydrogens is 298 g/mol. The van der Waals surface area contributed by atoms with Gasteiger partial charge in [0.1, 0.15) is 6.10 Å². The minimum absolute atomic E-state index is 0.591. The number of pyridine rings is 1. The summed E-state index contributed by atoms with van der Waals surface area (Å²) in [5.41, 5.74) is 0.406. The topological polar surface area (TPSA) is 53.4 Å². The Morgan fingerprint density at radius 2 is 1.42 bits per heavy atom. The predicted octanol–water partition coefficient (Wildman–Crippen LogP) is 3.05. The molecular formula is C21H17NO2. The van der Waals surface area contributed by atoms with E-state index >= 15 is 0 Å². The Labute approximate surface area is 141 Å². The highest BCUT2D eigenvalue weighted by molar-refractivity contribution is 5.45. The molecule has 0 unspecified atom stereocenters. The van der Waals surface area contributed by atoms with Gasteiger partial charge in [0.15, 0.2) is 5.60 Å². The standard InChI is InChI=1S/C21H17NO2/c23-20(17-8-7-15-22-16-17)13-14-21(24,18-9-3-1-4-10-18)19-11-5-2-6-12-19/h1-12,15-16,20,23-24H/t20-/m0/s1. The zero-order valence-corrected chi connectivity index (χ0v) is 13.0. The summed E-state index contributed by atoms with van der Waals surface area (Å²) in [7, 11) is 0. The molecule has 118 valence electrons. The molecule has 0 saturated carbocycles. The van der Waals surface area contributed by atoms with Crippen molar-refractivity contribution >= 4 is 0 Å². The van der Waals surface area contributed by atoms with E-state index in [0.717, 1.165) is 0 Å². The van der Waals surface area contributed by atoms with Crippen molar-refractivity contribution in [3.63, 3.8) is 0 Å². The second-order valence-electron chi connectivity index (χ2n) is 5.40. The minimum Gasteiger partial charge on any atom is -0.376 e. The van der Waals surface area contributed by atoms with Crippen molar-refractivity contribution in [1.29, 1.82) is 0 Å². The number of aliphatic hydroxyl groups excluding tert-OH is 1. The molecule has 0 aliphatic heterocycles. The molecule has 0 aliphatic rings. The van der Waals surface area contributed by atoms with Crippen LogP contribution in [0.25, 0.3) is 0 Å². The average molecular weight is 315 g/mol. The summed E-state index contributed by atoms with van der Waals surface area (Å²) in [6, 6.07) is 21.9. The molecule has 0 bridgehead atoms. The molecule has 1 atom stereocenters. The molecule has 0 amide bonds. The second-order valence-corrected chi connectivity index (χ2v) is 5.40. The van der Waals surface area contributed by atoms with Crippen molar-refractivity contribution in [3.8, 4) is 11.8 Å². The Hall–Kier alpha value is -2.93. The van der Waals surface area contributed by atoms with E-state index in [4.69, 9.17) is 0 Å². The number of benzene rings is 2. The summed E-state index contributed by atoms with van der Waals surface area (Å²) in [6.07, 6.45) is 2.18. The molecule has 3 aromatic rings. The van der Waals surface area contributed by atoms with Gasteiger partial charge in [0.2, 0.25) is 0 Å². The first-order chi connectivity index (χ1) is 11.7. The van der Waals surface area contributed by atoms with Crippen molar-refractivity contribution in [2.45, 2.75) is 11.7 Å². The van der Waals surface area contributed by atoms with E-state index in [0.29, 0.717) is 16.7 Å². The molecule has 3 heteroatoms. The van der Waals surface area contributed by atoms with Gasteiger partial charge in [-0.05, 0) is 6.07 Å². The first-order valence-electron chi connectivity index (χ1n) is 7.64. The van der Waals surface area contributed by atoms with Crippen molar-refractivity contribution in [1.82, 2.24) is 4.98 Å². The maximum absolute atomic E-state index is 11.2. The van der Waals surface area contributed by atoms with Crippen LogP contribution >= 0.6 is 0 Å². The monoisotopic (exact) mass is 315 g/mol. The van der Waals surface area contributed by atoms with Gasteiger partial charge >= 0.3 is 0 Å². The Kier molecular flexibility index (Phi) is 4.72. The fraction of sp³-hybridized carbons (Fsp3) is 0.0952. The molecule has 1 heterocycles. The van der Waals surface area contributed by atoms with E-state index in [9.17, 15) is 10.2 Å². The first kappa shape index (κ1) is 15.9. The zero-order chi connectivity index (χ0) is 16.8. The lowest BCUT2D eigenvalue weighted by Crippen LogP contribution is -2.25. The lowest BCUT2D eigenvalue weighted by Gasteiger charge is -2.23. The van der Waals surface area contributed by atoms with Crippen molar-refractivity contribution in [3.05, 3.63) is 102 Å². The van der Waals surface area contributed by atoms with Gasteiger partial charge in [0, 0.05) is 29.1 Å². The number of hydrogen-bond donors (Lipinski definition) is 2. The quantitative estimate of drug-likeness (QED) is 0.730. The Morgan fingerprint density at radius 1 is 0.833 bits per heavy atom. The van der Waals surface area contributed by atoms with Crippen LogP contribution in [0, 0.1) is 11.8 Å². The highest BCUT2D eigenvalue weighted by atomic mass is 16.3. The minimum atomic E-state index is -1.49. The smallest absolute Gasteiger partial charge is 0.176 e. The third-order valence-corrected chi connectivity index (χ3v) is 3.77. The van der Waals surface area contributed by atoms with Gasteiger partial charge in [-0.25, -0.2) is 0 Å². The van der Waals surface area contributed by atoms with Crippen LogP contribution in [0.3, 0.4) is 0 Å². The van der Waals surface area contributed by atoms with Crippen LogP contribution in [-0.2, 0) is 5.60 Å². The summed E-state index contributed by atoms with van der Waals surface area (Å²) in [6.45, 7) is 0. The molecule has 3 rings (SSSR count). The molecule has 3 nitrogen and oxygen atoms in total. The van der Waals surface area contributed by atoms with Crippen LogP contribution in [0.2, 0.25) is 0 Å². The van der Waals surface area contributed by atoms with Crippen LogP contribution in [-0.4, -0.2) is 15.2 Å². The summed E-state index contributed by atoms with van der Waals surface area (Å²) < 4.78 is 0. The number of aliphatic hydroxyl groups is 2. The fourth-order valence-electron chi connectivity index (χ4n) is 2.46. The van der Waals surface area contributed by atoms with Crippen molar-refractivity contribution in [2.24, 2.45) is 0 Å². The number of hydrogen-bond acceptors (Lipinski definition) is 3. The highest BCUT2D eigenvalue weighted by Crippen LogP contribution is 2.29. The fourth-order valence-corrected chi connectivity index (χ4v) is 2.46. The third-order valence-electron chi connectivity index (χ3n) is 3.77. The van der Waals surface area contributed by atoms with Gasteiger partial charge in [-0.1, -0.05) is 78.6 Å². The van der Waals surface area contributed by atoms with Gasteiger partial charge in [0.25, 0.3) is 0 Å². The summed E-state index contributed by atoms with van der Waals surface area (Å²) in [5.74, 6) is 5.61. The predicted molar refractivity (Wildman–Crippen MR) is 92.9 cm³/mol. The summed E-state index contributed by atoms with van der Waals surface area (Å²) >= 11 is 0. The van der Waals surface area contributed by atoms with Gasteiger partial charge in [-0.15, -0.1) is 0 Å². The summed E-state index contributed by atoms with van der Waals surface area (Å²) in [5, 5.41) is 21.5. The normalized spacial score (nSPS) is 12.1. The third kappa shape index (κ3) is 3.36. The van der Waals surface area contributed by atoms with Crippen LogP contribution in [0.1, 0.15) is 22.8 Å². The zero-order valence-electron chi connectivity index (χ0n) is 13.0. The summed E-state index contributed by atoms with van der Waals surface area (Å²) in [4.78, 5) is 3.98. The Bertz CT molecular complexity index is 797. The number of nitrogens with zero attached hydrogens (tertiary/aromatic N) is 1. The van der Waals surface area contributed by atoms with Crippen LogP contribution in [0.15, 0.2) is 85.2 Å². The van der Waals surface area contributed by atoms with Gasteiger partial charge in [-0.3, -0.25) is 4.98 Å². The average Bonchev–Trinajstić information content (AvgIpc) is 2.68. The Morgan fingerprint density at radius 3 is 1.92 bits per heavy atom. The van der Waals surface area contributed by atoms with Crippen LogP contribution in [0.5, 0.6) is 0 Å². The lowest BCUT2D eigenvalue weighted by molar-refractivity contribution is 0.144. The lowest BCUT2D eigenvalue weighted by atomic mass is 9.86. The van der Waals surface area contributed by atoms with Crippen LogP contribution in [0.4, 0.5) is 0 Å². The number of rotatable bonds is 3. The largest absolute Gasteiger partial charge is 0.376 e. The van der Waals surface area contributed by atoms with Crippen molar-refractivity contribution in [2.75, 3.05) is 0 Å². The maximum Gasteiger partial charge on any atom is 0.176 e. The van der Waals surface area contributed by atoms with E-state index in [2.05, 4.69) is 16.8 Å². The molecule has 2 aromatic carbocycles. The molecule has 0 aliphatic carbocycles. The molecule has 0 fully saturated rings. The first-order valence-corrected chi connectivity index (χ1v) is 7.64.